The van der Waals surface area contributed by atoms with Crippen molar-refractivity contribution in [3.8, 4) is 0 Å². The van der Waals surface area contributed by atoms with Crippen molar-refractivity contribution in [1.29, 1.82) is 0 Å². The van der Waals surface area contributed by atoms with Crippen LogP contribution in [0.25, 0.3) is 0 Å². The van der Waals surface area contributed by atoms with Crippen LogP contribution in [0.4, 0.5) is 5.13 Å². The first kappa shape index (κ1) is 16.7. The second kappa shape index (κ2) is 7.63. The summed E-state index contributed by atoms with van der Waals surface area (Å²) < 4.78 is 0.738. The summed E-state index contributed by atoms with van der Waals surface area (Å²) in [7, 11) is 0. The Kier molecular flexibility index (Phi) is 5.55. The molecule has 23 heavy (non-hydrogen) atoms. The Bertz CT molecular complexity index is 800. The number of rotatable bonds is 5. The monoisotopic (exact) mass is 401 g/mol. The quantitative estimate of drug-likeness (QED) is 0.455. The van der Waals surface area contributed by atoms with Crippen LogP contribution in [-0.4, -0.2) is 16.1 Å². The molecule has 9 heteroatoms. The molecule has 3 rings (SSSR count). The van der Waals surface area contributed by atoms with Crippen LogP contribution in [0.5, 0.6) is 0 Å². The van der Waals surface area contributed by atoms with E-state index in [0.717, 1.165) is 9.90 Å². The zero-order valence-corrected chi connectivity index (χ0v) is 15.4. The normalized spacial score (nSPS) is 10.7. The number of halogens is 2. The van der Waals surface area contributed by atoms with Gasteiger partial charge < -0.3 is 0 Å². The van der Waals surface area contributed by atoms with Crippen LogP contribution in [0.1, 0.15) is 15.2 Å². The van der Waals surface area contributed by atoms with Gasteiger partial charge in [0.25, 0.3) is 5.91 Å². The maximum Gasteiger partial charge on any atom is 0.267 e. The number of nitrogens with zero attached hydrogens (tertiary/aromatic N) is 2. The largest absolute Gasteiger partial charge is 0.296 e. The Balaban J connectivity index is 1.62. The first-order valence-electron chi connectivity index (χ1n) is 6.37. The number of aromatic nitrogens is 2. The average Bonchev–Trinajstić information content (AvgIpc) is 3.18. The van der Waals surface area contributed by atoms with E-state index in [-0.39, 0.29) is 5.91 Å². The molecule has 0 aliphatic carbocycles. The van der Waals surface area contributed by atoms with Gasteiger partial charge >= 0.3 is 0 Å². The van der Waals surface area contributed by atoms with Gasteiger partial charge in [-0.1, -0.05) is 58.4 Å². The molecule has 0 radical (unpaired) electrons. The maximum absolute atomic E-state index is 11.9. The minimum Gasteiger partial charge on any atom is -0.296 e. The number of anilines is 1. The van der Waals surface area contributed by atoms with Crippen LogP contribution < -0.4 is 5.32 Å². The van der Waals surface area contributed by atoms with Crippen LogP contribution in [0.3, 0.4) is 0 Å². The smallest absolute Gasteiger partial charge is 0.267 e. The number of carbonyl (C=O) groups is 1. The Morgan fingerprint density at radius 3 is 2.65 bits per heavy atom. The lowest BCUT2D eigenvalue weighted by Crippen LogP contribution is -2.09. The molecular formula is C14H9Cl2N3OS3. The van der Waals surface area contributed by atoms with Gasteiger partial charge in [-0.2, -0.15) is 0 Å². The van der Waals surface area contributed by atoms with Crippen molar-refractivity contribution in [3.63, 3.8) is 0 Å². The van der Waals surface area contributed by atoms with Crippen molar-refractivity contribution >= 4 is 68.7 Å². The van der Waals surface area contributed by atoms with Gasteiger partial charge in [-0.25, -0.2) is 0 Å². The third kappa shape index (κ3) is 4.24. The number of thiophene rings is 1. The van der Waals surface area contributed by atoms with E-state index in [4.69, 9.17) is 23.2 Å². The fourth-order valence-corrected chi connectivity index (χ4v) is 4.80. The standard InChI is InChI=1S/C14H9Cl2N3OS3/c15-9-3-1-4-10(16)8(9)7-22-14-19-18-13(23-14)17-12(20)11-5-2-6-21-11/h1-6H,7H2,(H,17,18,20). The van der Waals surface area contributed by atoms with E-state index in [0.29, 0.717) is 25.8 Å². The maximum atomic E-state index is 11.9. The molecule has 118 valence electrons. The van der Waals surface area contributed by atoms with Gasteiger partial charge in [0.1, 0.15) is 0 Å². The van der Waals surface area contributed by atoms with Gasteiger partial charge in [0.2, 0.25) is 5.13 Å². The Hall–Kier alpha value is -1.12. The van der Waals surface area contributed by atoms with Crippen LogP contribution in [-0.2, 0) is 5.75 Å². The third-order valence-corrected chi connectivity index (χ3v) is 6.35. The predicted molar refractivity (Wildman–Crippen MR) is 98.2 cm³/mol. The molecule has 3 aromatic rings. The fourth-order valence-electron chi connectivity index (χ4n) is 1.69. The van der Waals surface area contributed by atoms with Gasteiger partial charge in [0.15, 0.2) is 4.34 Å². The molecule has 1 aromatic carbocycles. The average molecular weight is 402 g/mol. The Morgan fingerprint density at radius 2 is 1.96 bits per heavy atom. The lowest BCUT2D eigenvalue weighted by Gasteiger charge is -2.04. The van der Waals surface area contributed by atoms with Gasteiger partial charge in [-0.3, -0.25) is 10.1 Å². The molecule has 0 atom stereocenters. The van der Waals surface area contributed by atoms with E-state index in [2.05, 4.69) is 15.5 Å². The lowest BCUT2D eigenvalue weighted by molar-refractivity contribution is 0.103. The van der Waals surface area contributed by atoms with E-state index in [1.54, 1.807) is 18.2 Å². The van der Waals surface area contributed by atoms with Crippen molar-refractivity contribution in [3.05, 3.63) is 56.2 Å². The highest BCUT2D eigenvalue weighted by molar-refractivity contribution is 8.00. The second-order valence-electron chi connectivity index (χ2n) is 4.29. The molecule has 0 fully saturated rings. The van der Waals surface area contributed by atoms with Crippen LogP contribution in [0.2, 0.25) is 10.0 Å². The van der Waals surface area contributed by atoms with Crippen molar-refractivity contribution in [2.24, 2.45) is 0 Å². The molecule has 1 N–H and O–H groups in total. The molecule has 1 amide bonds. The number of hydrogen-bond acceptors (Lipinski definition) is 6. The topological polar surface area (TPSA) is 54.9 Å². The van der Waals surface area contributed by atoms with Gasteiger partial charge in [0, 0.05) is 15.8 Å². The molecule has 0 aliphatic rings. The van der Waals surface area contributed by atoms with E-state index >= 15 is 0 Å². The van der Waals surface area contributed by atoms with E-state index in [9.17, 15) is 4.79 Å². The van der Waals surface area contributed by atoms with Crippen molar-refractivity contribution < 1.29 is 4.79 Å². The molecule has 0 bridgehead atoms. The van der Waals surface area contributed by atoms with Crippen molar-refractivity contribution in [2.45, 2.75) is 10.1 Å². The minimum atomic E-state index is -0.179. The highest BCUT2D eigenvalue weighted by atomic mass is 35.5. The molecule has 4 nitrogen and oxygen atoms in total. The molecule has 0 aliphatic heterocycles. The summed E-state index contributed by atoms with van der Waals surface area (Å²) in [6, 6.07) is 9.00. The van der Waals surface area contributed by atoms with Crippen molar-refractivity contribution in [1.82, 2.24) is 10.2 Å². The molecule has 0 saturated heterocycles. The van der Waals surface area contributed by atoms with E-state index in [1.165, 1.54) is 34.4 Å². The van der Waals surface area contributed by atoms with Gasteiger partial charge in [-0.05, 0) is 29.1 Å². The summed E-state index contributed by atoms with van der Waals surface area (Å²) in [5.41, 5.74) is 0.861. The van der Waals surface area contributed by atoms with E-state index < -0.39 is 0 Å². The molecule has 0 unspecified atom stereocenters. The zero-order chi connectivity index (χ0) is 16.2. The number of thioether (sulfide) groups is 1. The van der Waals surface area contributed by atoms with Gasteiger partial charge in [-0.15, -0.1) is 21.5 Å². The zero-order valence-electron chi connectivity index (χ0n) is 11.5. The predicted octanol–water partition coefficient (Wildman–Crippen LogP) is 5.45. The van der Waals surface area contributed by atoms with Crippen LogP contribution in [0, 0.1) is 0 Å². The Morgan fingerprint density at radius 1 is 1.17 bits per heavy atom. The van der Waals surface area contributed by atoms with Crippen molar-refractivity contribution in [2.75, 3.05) is 5.32 Å². The minimum absolute atomic E-state index is 0.179. The van der Waals surface area contributed by atoms with Crippen LogP contribution >= 0.6 is 57.6 Å². The van der Waals surface area contributed by atoms with Gasteiger partial charge in [0.05, 0.1) is 4.88 Å². The summed E-state index contributed by atoms with van der Waals surface area (Å²) in [6.45, 7) is 0. The fraction of sp³-hybridized carbons (Fsp3) is 0.0714. The number of benzene rings is 1. The lowest BCUT2D eigenvalue weighted by atomic mass is 10.2. The molecule has 0 saturated carbocycles. The third-order valence-electron chi connectivity index (χ3n) is 2.77. The highest BCUT2D eigenvalue weighted by Crippen LogP contribution is 2.33. The molecular weight excluding hydrogens is 393 g/mol. The summed E-state index contributed by atoms with van der Waals surface area (Å²) in [6.07, 6.45) is 0. The number of hydrogen-bond donors (Lipinski definition) is 1. The molecule has 2 heterocycles. The second-order valence-corrected chi connectivity index (χ2v) is 8.26. The number of carbonyl (C=O) groups excluding carboxylic acids is 1. The molecule has 2 aromatic heterocycles. The first-order valence-corrected chi connectivity index (χ1v) is 9.81. The summed E-state index contributed by atoms with van der Waals surface area (Å²) in [5.74, 6) is 0.410. The van der Waals surface area contributed by atoms with Crippen LogP contribution in [0.15, 0.2) is 40.1 Å². The number of amides is 1. The Labute approximate surface area is 154 Å². The summed E-state index contributed by atoms with van der Waals surface area (Å²) in [5, 5.41) is 14.3. The first-order chi connectivity index (χ1) is 11.1. The number of nitrogens with one attached hydrogen (secondary N) is 1. The SMILES string of the molecule is O=C(Nc1nnc(SCc2c(Cl)cccc2Cl)s1)c1cccs1. The van der Waals surface area contributed by atoms with E-state index in [1.807, 2.05) is 17.5 Å². The summed E-state index contributed by atoms with van der Waals surface area (Å²) >= 11 is 16.5. The summed E-state index contributed by atoms with van der Waals surface area (Å²) in [4.78, 5) is 12.6. The highest BCUT2D eigenvalue weighted by Gasteiger charge is 2.12. The molecule has 0 spiro atoms.